The first-order valence-corrected chi connectivity index (χ1v) is 5.02. The van der Waals surface area contributed by atoms with E-state index in [-0.39, 0.29) is 6.10 Å². The molecular weight excluding hydrogens is 230 g/mol. The van der Waals surface area contributed by atoms with Gasteiger partial charge in [0.2, 0.25) is 0 Å². The van der Waals surface area contributed by atoms with Crippen LogP contribution in [0.5, 0.6) is 5.75 Å². The highest BCUT2D eigenvalue weighted by atomic mass is 79.9. The van der Waals surface area contributed by atoms with Crippen molar-refractivity contribution in [2.24, 2.45) is 0 Å². The van der Waals surface area contributed by atoms with Crippen LogP contribution in [0.25, 0.3) is 0 Å². The van der Waals surface area contributed by atoms with E-state index in [0.29, 0.717) is 0 Å². The minimum atomic E-state index is 0.190. The first-order valence-electron chi connectivity index (χ1n) is 4.23. The Bertz CT molecular complexity index is 287. The molecule has 0 unspecified atom stereocenters. The maximum Gasteiger partial charge on any atom is 0.121 e. The molecule has 0 atom stereocenters. The quantitative estimate of drug-likeness (QED) is 0.811. The van der Waals surface area contributed by atoms with E-state index >= 15 is 0 Å². The lowest BCUT2D eigenvalue weighted by Crippen LogP contribution is -2.06. The summed E-state index contributed by atoms with van der Waals surface area (Å²) in [5.41, 5.74) is 7.59. The molecule has 0 saturated heterocycles. The average molecular weight is 244 g/mol. The molecule has 3 heteroatoms. The Morgan fingerprint density at radius 3 is 2.46 bits per heavy atom. The van der Waals surface area contributed by atoms with Gasteiger partial charge in [0.1, 0.15) is 5.75 Å². The number of nitrogen functional groups attached to an aromatic ring is 1. The van der Waals surface area contributed by atoms with Crippen molar-refractivity contribution >= 4 is 21.6 Å². The second kappa shape index (κ2) is 4.01. The van der Waals surface area contributed by atoms with Crippen LogP contribution in [0.2, 0.25) is 0 Å². The van der Waals surface area contributed by atoms with E-state index in [1.165, 1.54) is 0 Å². The molecule has 0 aliphatic rings. The number of anilines is 1. The highest BCUT2D eigenvalue weighted by Crippen LogP contribution is 2.29. The Labute approximate surface area is 87.2 Å². The number of benzene rings is 1. The summed E-state index contributed by atoms with van der Waals surface area (Å²) in [6, 6.07) is 3.84. The molecule has 13 heavy (non-hydrogen) atoms. The zero-order valence-electron chi connectivity index (χ0n) is 8.10. The van der Waals surface area contributed by atoms with E-state index < -0.39 is 0 Å². The zero-order valence-corrected chi connectivity index (χ0v) is 9.68. The molecular formula is C10H14BrNO. The summed E-state index contributed by atoms with van der Waals surface area (Å²) >= 11 is 3.38. The van der Waals surface area contributed by atoms with E-state index in [4.69, 9.17) is 10.5 Å². The number of rotatable bonds is 2. The zero-order chi connectivity index (χ0) is 10.0. The summed E-state index contributed by atoms with van der Waals surface area (Å²) in [5, 5.41) is 0. The number of hydrogen-bond acceptors (Lipinski definition) is 2. The van der Waals surface area contributed by atoms with Crippen molar-refractivity contribution in [1.29, 1.82) is 0 Å². The van der Waals surface area contributed by atoms with Gasteiger partial charge in [0, 0.05) is 10.2 Å². The normalized spacial score (nSPS) is 10.5. The third kappa shape index (κ3) is 2.62. The molecule has 0 heterocycles. The molecule has 0 spiro atoms. The van der Waals surface area contributed by atoms with Crippen molar-refractivity contribution in [2.75, 3.05) is 5.73 Å². The van der Waals surface area contributed by atoms with Crippen LogP contribution >= 0.6 is 15.9 Å². The van der Waals surface area contributed by atoms with Crippen LogP contribution in [0, 0.1) is 6.92 Å². The number of hydrogen-bond donors (Lipinski definition) is 1. The lowest BCUT2D eigenvalue weighted by Gasteiger charge is -2.12. The summed E-state index contributed by atoms with van der Waals surface area (Å²) in [4.78, 5) is 0. The maximum absolute atomic E-state index is 5.78. The monoisotopic (exact) mass is 243 g/mol. The lowest BCUT2D eigenvalue weighted by atomic mass is 10.2. The van der Waals surface area contributed by atoms with Crippen molar-refractivity contribution in [3.8, 4) is 5.75 Å². The van der Waals surface area contributed by atoms with Crippen LogP contribution in [0.4, 0.5) is 5.69 Å². The van der Waals surface area contributed by atoms with E-state index in [9.17, 15) is 0 Å². The van der Waals surface area contributed by atoms with E-state index in [1.54, 1.807) is 0 Å². The summed E-state index contributed by atoms with van der Waals surface area (Å²) < 4.78 is 6.44. The molecule has 2 nitrogen and oxygen atoms in total. The highest BCUT2D eigenvalue weighted by Gasteiger charge is 2.04. The minimum absolute atomic E-state index is 0.190. The molecule has 2 N–H and O–H groups in total. The molecule has 1 aromatic carbocycles. The van der Waals surface area contributed by atoms with Crippen molar-refractivity contribution in [3.05, 3.63) is 22.2 Å². The molecule has 72 valence electrons. The van der Waals surface area contributed by atoms with Gasteiger partial charge in [-0.1, -0.05) is 0 Å². The summed E-state index contributed by atoms with van der Waals surface area (Å²) in [5.74, 6) is 0.855. The Kier molecular flexibility index (Phi) is 3.20. The average Bonchev–Trinajstić information content (AvgIpc) is 1.98. The molecule has 0 radical (unpaired) electrons. The predicted octanol–water partition coefficient (Wildman–Crippen LogP) is 3.13. The van der Waals surface area contributed by atoms with Crippen LogP contribution < -0.4 is 10.5 Å². The van der Waals surface area contributed by atoms with Gasteiger partial charge in [0.25, 0.3) is 0 Å². The standard InChI is InChI=1S/C10H14BrNO/c1-6(2)13-8-4-7(3)10(12)9(11)5-8/h4-6H,12H2,1-3H3. The fraction of sp³-hybridized carbons (Fsp3) is 0.400. The third-order valence-electron chi connectivity index (χ3n) is 1.68. The summed E-state index contributed by atoms with van der Waals surface area (Å²) in [7, 11) is 0. The van der Waals surface area contributed by atoms with E-state index in [0.717, 1.165) is 21.5 Å². The second-order valence-electron chi connectivity index (χ2n) is 3.30. The van der Waals surface area contributed by atoms with Crippen LogP contribution in [-0.4, -0.2) is 6.10 Å². The van der Waals surface area contributed by atoms with Crippen molar-refractivity contribution < 1.29 is 4.74 Å². The first-order chi connectivity index (χ1) is 6.00. The highest BCUT2D eigenvalue weighted by molar-refractivity contribution is 9.10. The van der Waals surface area contributed by atoms with Gasteiger partial charge in [-0.25, -0.2) is 0 Å². The van der Waals surface area contributed by atoms with Crippen LogP contribution in [0.15, 0.2) is 16.6 Å². The SMILES string of the molecule is Cc1cc(OC(C)C)cc(Br)c1N. The molecule has 0 fully saturated rings. The fourth-order valence-electron chi connectivity index (χ4n) is 1.06. The molecule has 0 aliphatic heterocycles. The Hall–Kier alpha value is -0.700. The van der Waals surface area contributed by atoms with Gasteiger partial charge in [-0.2, -0.15) is 0 Å². The molecule has 0 amide bonds. The smallest absolute Gasteiger partial charge is 0.121 e. The largest absolute Gasteiger partial charge is 0.491 e. The van der Waals surface area contributed by atoms with Gasteiger partial charge in [-0.15, -0.1) is 0 Å². The number of ether oxygens (including phenoxy) is 1. The first kappa shape index (κ1) is 10.4. The summed E-state index contributed by atoms with van der Waals surface area (Å²) in [6.07, 6.45) is 0.190. The van der Waals surface area contributed by atoms with Crippen LogP contribution in [0.3, 0.4) is 0 Å². The second-order valence-corrected chi connectivity index (χ2v) is 4.16. The van der Waals surface area contributed by atoms with Gasteiger partial charge >= 0.3 is 0 Å². The lowest BCUT2D eigenvalue weighted by molar-refractivity contribution is 0.242. The molecule has 0 aromatic heterocycles. The van der Waals surface area contributed by atoms with E-state index in [2.05, 4.69) is 15.9 Å². The fourth-order valence-corrected chi connectivity index (χ4v) is 1.60. The molecule has 1 rings (SSSR count). The predicted molar refractivity (Wildman–Crippen MR) is 59.1 cm³/mol. The van der Waals surface area contributed by atoms with Gasteiger partial charge in [0.05, 0.1) is 6.10 Å². The summed E-state index contributed by atoms with van der Waals surface area (Å²) in [6.45, 7) is 5.96. The van der Waals surface area contributed by atoms with Crippen molar-refractivity contribution in [3.63, 3.8) is 0 Å². The van der Waals surface area contributed by atoms with Crippen LogP contribution in [-0.2, 0) is 0 Å². The van der Waals surface area contributed by atoms with Gasteiger partial charge < -0.3 is 10.5 Å². The molecule has 0 bridgehead atoms. The van der Waals surface area contributed by atoms with Crippen LogP contribution in [0.1, 0.15) is 19.4 Å². The number of nitrogens with two attached hydrogens (primary N) is 1. The molecule has 0 saturated carbocycles. The molecule has 1 aromatic rings. The van der Waals surface area contributed by atoms with Crippen molar-refractivity contribution in [1.82, 2.24) is 0 Å². The minimum Gasteiger partial charge on any atom is -0.491 e. The maximum atomic E-state index is 5.78. The van der Waals surface area contributed by atoms with Gasteiger partial charge in [-0.3, -0.25) is 0 Å². The van der Waals surface area contributed by atoms with Gasteiger partial charge in [0.15, 0.2) is 0 Å². The third-order valence-corrected chi connectivity index (χ3v) is 2.34. The Balaban J connectivity index is 2.99. The Morgan fingerprint density at radius 2 is 2.00 bits per heavy atom. The topological polar surface area (TPSA) is 35.2 Å². The number of aryl methyl sites for hydroxylation is 1. The number of halogens is 1. The Morgan fingerprint density at radius 1 is 1.38 bits per heavy atom. The van der Waals surface area contributed by atoms with Gasteiger partial charge in [-0.05, 0) is 54.4 Å². The van der Waals surface area contributed by atoms with Crippen molar-refractivity contribution in [2.45, 2.75) is 26.9 Å². The van der Waals surface area contributed by atoms with E-state index in [1.807, 2.05) is 32.9 Å². The molecule has 0 aliphatic carbocycles.